The van der Waals surface area contributed by atoms with Crippen molar-refractivity contribution in [2.75, 3.05) is 18.4 Å². The zero-order chi connectivity index (χ0) is 18.7. The molecule has 3 rings (SSSR count). The maximum Gasteiger partial charge on any atom is 0.433 e. The molecule has 136 valence electrons. The van der Waals surface area contributed by atoms with E-state index in [9.17, 15) is 19.7 Å². The third kappa shape index (κ3) is 4.07. The smallest absolute Gasteiger partial charge is 0.395 e. The number of piperidine rings is 1. The van der Waals surface area contributed by atoms with Crippen molar-refractivity contribution in [1.82, 2.24) is 9.88 Å². The fourth-order valence-corrected chi connectivity index (χ4v) is 2.95. The van der Waals surface area contributed by atoms with Crippen molar-refractivity contribution in [3.63, 3.8) is 0 Å². The van der Waals surface area contributed by atoms with Gasteiger partial charge < -0.3 is 14.6 Å². The number of halogens is 1. The minimum absolute atomic E-state index is 0.0707. The summed E-state index contributed by atoms with van der Waals surface area (Å²) >= 11 is 3.28. The number of likely N-dealkylation sites (tertiary alicyclic amines) is 1. The van der Waals surface area contributed by atoms with E-state index in [1.807, 2.05) is 0 Å². The van der Waals surface area contributed by atoms with Gasteiger partial charge in [0.25, 0.3) is 5.91 Å². The first-order valence-electron chi connectivity index (χ1n) is 7.90. The third-order valence-electron chi connectivity index (χ3n) is 4.11. The van der Waals surface area contributed by atoms with E-state index in [1.54, 1.807) is 18.3 Å². The Labute approximate surface area is 156 Å². The van der Waals surface area contributed by atoms with Crippen LogP contribution >= 0.6 is 15.9 Å². The number of hydrogen-bond acceptors (Lipinski definition) is 6. The van der Waals surface area contributed by atoms with Crippen LogP contribution in [0.1, 0.15) is 23.4 Å². The summed E-state index contributed by atoms with van der Waals surface area (Å²) in [7, 11) is 0. The van der Waals surface area contributed by atoms with Gasteiger partial charge in [-0.3, -0.25) is 19.7 Å². The lowest BCUT2D eigenvalue weighted by atomic mass is 9.95. The molecule has 1 saturated heterocycles. The number of nitrogens with zero attached hydrogens (tertiary/aromatic N) is 3. The molecule has 1 N–H and O–H groups in total. The molecule has 0 aliphatic carbocycles. The average Bonchev–Trinajstić information content (AvgIpc) is 3.13. The highest BCUT2D eigenvalue weighted by atomic mass is 79.9. The van der Waals surface area contributed by atoms with Crippen molar-refractivity contribution in [3.8, 4) is 0 Å². The molecule has 0 radical (unpaired) electrons. The zero-order valence-electron chi connectivity index (χ0n) is 13.6. The number of furan rings is 1. The second-order valence-electron chi connectivity index (χ2n) is 5.81. The highest BCUT2D eigenvalue weighted by Gasteiger charge is 2.30. The molecule has 0 aromatic carbocycles. The molecule has 3 heterocycles. The van der Waals surface area contributed by atoms with Gasteiger partial charge >= 0.3 is 5.88 Å². The maximum atomic E-state index is 12.3. The Kier molecular flexibility index (Phi) is 5.31. The van der Waals surface area contributed by atoms with Crippen molar-refractivity contribution < 1.29 is 18.9 Å². The lowest BCUT2D eigenvalue weighted by Crippen LogP contribution is -2.41. The molecule has 1 aliphatic heterocycles. The molecule has 2 amide bonds. The van der Waals surface area contributed by atoms with Gasteiger partial charge in [0, 0.05) is 29.7 Å². The molecule has 0 bridgehead atoms. The normalized spacial score (nSPS) is 14.9. The Morgan fingerprint density at radius 2 is 2.00 bits per heavy atom. The van der Waals surface area contributed by atoms with Crippen LogP contribution in [0.25, 0.3) is 0 Å². The number of nitrogens with one attached hydrogen (secondary N) is 1. The van der Waals surface area contributed by atoms with Gasteiger partial charge in [-0.2, -0.15) is 0 Å². The molecular formula is C16H15BrN4O5. The molecule has 9 nitrogen and oxygen atoms in total. The topological polar surface area (TPSA) is 119 Å². The summed E-state index contributed by atoms with van der Waals surface area (Å²) in [6.07, 6.45) is 2.59. The molecule has 0 unspecified atom stereocenters. The first kappa shape index (κ1) is 18.1. The van der Waals surface area contributed by atoms with E-state index in [2.05, 4.69) is 26.2 Å². The molecule has 26 heavy (non-hydrogen) atoms. The van der Waals surface area contributed by atoms with Crippen LogP contribution in [0, 0.1) is 16.0 Å². The molecular weight excluding hydrogens is 408 g/mol. The number of aromatic nitrogens is 1. The van der Waals surface area contributed by atoms with Gasteiger partial charge in [0.2, 0.25) is 5.91 Å². The second-order valence-corrected chi connectivity index (χ2v) is 6.73. The lowest BCUT2D eigenvalue weighted by molar-refractivity contribution is -0.402. The van der Waals surface area contributed by atoms with Crippen LogP contribution < -0.4 is 5.32 Å². The summed E-state index contributed by atoms with van der Waals surface area (Å²) in [5.41, 5.74) is 0. The monoisotopic (exact) mass is 422 g/mol. The minimum Gasteiger partial charge on any atom is -0.395 e. The minimum atomic E-state index is -0.691. The van der Waals surface area contributed by atoms with E-state index >= 15 is 0 Å². The van der Waals surface area contributed by atoms with Gasteiger partial charge in [-0.05, 0) is 47.0 Å². The number of nitro groups is 1. The fourth-order valence-electron chi connectivity index (χ4n) is 2.72. The molecule has 0 atom stereocenters. The van der Waals surface area contributed by atoms with Gasteiger partial charge in [0.1, 0.15) is 10.7 Å². The highest BCUT2D eigenvalue weighted by Crippen LogP contribution is 2.23. The predicted octanol–water partition coefficient (Wildman–Crippen LogP) is 2.84. The largest absolute Gasteiger partial charge is 0.433 e. The van der Waals surface area contributed by atoms with Gasteiger partial charge in [0.15, 0.2) is 5.76 Å². The number of anilines is 1. The van der Waals surface area contributed by atoms with Crippen LogP contribution in [0.3, 0.4) is 0 Å². The summed E-state index contributed by atoms with van der Waals surface area (Å²) in [6.45, 7) is 0.748. The third-order valence-corrected chi connectivity index (χ3v) is 4.58. The Morgan fingerprint density at radius 3 is 2.58 bits per heavy atom. The Balaban J connectivity index is 1.54. The van der Waals surface area contributed by atoms with Gasteiger partial charge in [0.05, 0.1) is 6.07 Å². The van der Waals surface area contributed by atoms with E-state index in [1.165, 1.54) is 11.0 Å². The Morgan fingerprint density at radius 1 is 1.27 bits per heavy atom. The lowest BCUT2D eigenvalue weighted by Gasteiger charge is -2.30. The van der Waals surface area contributed by atoms with E-state index in [0.717, 1.165) is 10.5 Å². The molecule has 1 aliphatic rings. The number of carbonyl (C=O) groups excluding carboxylic acids is 2. The molecule has 1 fully saturated rings. The van der Waals surface area contributed by atoms with E-state index in [4.69, 9.17) is 4.42 Å². The van der Waals surface area contributed by atoms with Gasteiger partial charge in [-0.15, -0.1) is 0 Å². The Hall–Kier alpha value is -2.75. The van der Waals surface area contributed by atoms with Crippen molar-refractivity contribution in [3.05, 3.63) is 50.8 Å². The van der Waals surface area contributed by atoms with Crippen molar-refractivity contribution in [1.29, 1.82) is 0 Å². The van der Waals surface area contributed by atoms with Gasteiger partial charge in [-0.1, -0.05) is 0 Å². The highest BCUT2D eigenvalue weighted by molar-refractivity contribution is 9.10. The standard InChI is InChI=1S/C16H15BrN4O5/c17-11-1-3-13(18-9-11)19-15(22)10-5-7-20(8-6-10)16(23)12-2-4-14(26-12)21(24)25/h1-4,9-10H,5-8H2,(H,18,19,22). The first-order valence-corrected chi connectivity index (χ1v) is 8.69. The summed E-state index contributed by atoms with van der Waals surface area (Å²) in [6, 6.07) is 5.92. The van der Waals surface area contributed by atoms with Crippen molar-refractivity contribution in [2.24, 2.45) is 5.92 Å². The summed E-state index contributed by atoms with van der Waals surface area (Å²) in [5.74, 6) is -0.842. The summed E-state index contributed by atoms with van der Waals surface area (Å²) < 4.78 is 5.76. The average molecular weight is 423 g/mol. The number of amides is 2. The quantitative estimate of drug-likeness (QED) is 0.597. The van der Waals surface area contributed by atoms with Crippen LogP contribution in [0.15, 0.2) is 39.4 Å². The number of pyridine rings is 1. The zero-order valence-corrected chi connectivity index (χ0v) is 15.1. The predicted molar refractivity (Wildman–Crippen MR) is 94.6 cm³/mol. The molecule has 10 heteroatoms. The second kappa shape index (κ2) is 7.65. The van der Waals surface area contributed by atoms with E-state index in [0.29, 0.717) is 31.7 Å². The van der Waals surface area contributed by atoms with Crippen LogP contribution in [-0.4, -0.2) is 39.7 Å². The Bertz CT molecular complexity index is 827. The molecule has 0 saturated carbocycles. The maximum absolute atomic E-state index is 12.3. The first-order chi connectivity index (χ1) is 12.4. The van der Waals surface area contributed by atoms with Crippen molar-refractivity contribution >= 4 is 39.4 Å². The van der Waals surface area contributed by atoms with Crippen molar-refractivity contribution in [2.45, 2.75) is 12.8 Å². The number of rotatable bonds is 4. The van der Waals surface area contributed by atoms with E-state index in [-0.39, 0.29) is 17.6 Å². The fraction of sp³-hybridized carbons (Fsp3) is 0.312. The molecule has 2 aromatic rings. The van der Waals surface area contributed by atoms with Crippen LogP contribution in [0.2, 0.25) is 0 Å². The van der Waals surface area contributed by atoms with Crippen LogP contribution in [0.4, 0.5) is 11.7 Å². The summed E-state index contributed by atoms with van der Waals surface area (Å²) in [4.78, 5) is 40.2. The van der Waals surface area contributed by atoms with Crippen LogP contribution in [0.5, 0.6) is 0 Å². The number of hydrogen-bond donors (Lipinski definition) is 1. The SMILES string of the molecule is O=C(Nc1ccc(Br)cn1)C1CCN(C(=O)c2ccc([N+](=O)[O-])o2)CC1. The summed E-state index contributed by atoms with van der Waals surface area (Å²) in [5, 5.41) is 13.4. The van der Waals surface area contributed by atoms with E-state index < -0.39 is 16.7 Å². The van der Waals surface area contributed by atoms with Gasteiger partial charge in [-0.25, -0.2) is 4.98 Å². The number of carbonyl (C=O) groups is 2. The molecule has 0 spiro atoms. The molecule has 2 aromatic heterocycles. The van der Waals surface area contributed by atoms with Crippen LogP contribution in [-0.2, 0) is 4.79 Å².